The maximum Gasteiger partial charge on any atom is 0.255 e. The van der Waals surface area contributed by atoms with Crippen molar-refractivity contribution in [2.24, 2.45) is 0 Å². The number of hydrogen-bond acceptors (Lipinski definition) is 8. The van der Waals surface area contributed by atoms with Gasteiger partial charge in [-0.05, 0) is 50.1 Å². The summed E-state index contributed by atoms with van der Waals surface area (Å²) in [5.74, 6) is 0.822. The minimum Gasteiger partial charge on any atom is -0.471 e. The number of sulfonamides is 1. The van der Waals surface area contributed by atoms with Crippen molar-refractivity contribution in [3.63, 3.8) is 0 Å². The fraction of sp³-hybridized carbons (Fsp3) is 0.407. The third-order valence-corrected chi connectivity index (χ3v) is 8.40. The lowest BCUT2D eigenvalue weighted by Crippen LogP contribution is -2.49. The number of carbonyl (C=O) groups excluding carboxylic acids is 1. The molecule has 1 N–H and O–H groups in total. The fourth-order valence-corrected chi connectivity index (χ4v) is 6.05. The van der Waals surface area contributed by atoms with Gasteiger partial charge in [-0.1, -0.05) is 19.1 Å². The number of carbonyl (C=O) groups is 1. The van der Waals surface area contributed by atoms with Crippen molar-refractivity contribution < 1.29 is 17.9 Å². The number of aromatic nitrogens is 3. The summed E-state index contributed by atoms with van der Waals surface area (Å²) in [6.07, 6.45) is 6.12. The molecule has 0 unspecified atom stereocenters. The quantitative estimate of drug-likeness (QED) is 0.511. The molecule has 0 spiro atoms. The van der Waals surface area contributed by atoms with Gasteiger partial charge >= 0.3 is 0 Å². The van der Waals surface area contributed by atoms with E-state index < -0.39 is 21.7 Å². The van der Waals surface area contributed by atoms with Crippen LogP contribution >= 0.6 is 0 Å². The van der Waals surface area contributed by atoms with Gasteiger partial charge < -0.3 is 14.5 Å². The number of rotatable bonds is 6. The molecule has 2 aromatic heterocycles. The Morgan fingerprint density at radius 2 is 1.76 bits per heavy atom. The minimum atomic E-state index is -3.81. The van der Waals surface area contributed by atoms with Crippen molar-refractivity contribution in [2.75, 3.05) is 31.1 Å². The third-order valence-electron chi connectivity index (χ3n) is 6.91. The number of piperazine rings is 1. The second kappa shape index (κ2) is 10.3. The number of amides is 1. The predicted molar refractivity (Wildman–Crippen MR) is 143 cm³/mol. The molecule has 10 nitrogen and oxygen atoms in total. The molecule has 0 radical (unpaired) electrons. The number of aryl methyl sites for hydroxylation is 1. The third kappa shape index (κ3) is 5.48. The van der Waals surface area contributed by atoms with E-state index in [4.69, 9.17) is 4.74 Å². The Kier molecular flexibility index (Phi) is 7.06. The molecule has 1 fully saturated rings. The van der Waals surface area contributed by atoms with E-state index in [1.807, 2.05) is 37.8 Å². The average molecular weight is 537 g/mol. The largest absolute Gasteiger partial charge is 0.471 e. The number of fused-ring (bicyclic) bond motifs is 1. The summed E-state index contributed by atoms with van der Waals surface area (Å²) >= 11 is 0. The van der Waals surface area contributed by atoms with E-state index in [2.05, 4.69) is 19.7 Å². The van der Waals surface area contributed by atoms with Crippen molar-refractivity contribution >= 4 is 21.9 Å². The Balaban J connectivity index is 1.36. The Morgan fingerprint density at radius 1 is 1.08 bits per heavy atom. The standard InChI is InChI=1S/C27H32N6O4S/c1-4-19-6-8-21(9-7-19)38(35,36)31-23-17-27(2,3)37-24-22(23)16-20(18-30-24)25(34)32-12-14-33(15-13-32)26-28-10-5-11-29-26/h5-11,16,18,23,31H,4,12-15,17H2,1-3H3/t23-/m0/s1. The molecule has 1 aromatic carbocycles. The molecule has 2 aliphatic rings. The summed E-state index contributed by atoms with van der Waals surface area (Å²) in [7, 11) is -3.81. The van der Waals surface area contributed by atoms with Crippen molar-refractivity contribution in [3.05, 3.63) is 71.7 Å². The van der Waals surface area contributed by atoms with Crippen LogP contribution in [0.5, 0.6) is 5.88 Å². The van der Waals surface area contributed by atoms with E-state index in [0.29, 0.717) is 55.6 Å². The smallest absolute Gasteiger partial charge is 0.255 e. The second-order valence-electron chi connectivity index (χ2n) is 10.2. The zero-order valence-corrected chi connectivity index (χ0v) is 22.6. The van der Waals surface area contributed by atoms with Crippen molar-refractivity contribution in [1.82, 2.24) is 24.6 Å². The van der Waals surface area contributed by atoms with Crippen LogP contribution in [0.3, 0.4) is 0 Å². The minimum absolute atomic E-state index is 0.157. The average Bonchev–Trinajstić information content (AvgIpc) is 2.92. The number of ether oxygens (including phenoxy) is 1. The fourth-order valence-electron chi connectivity index (χ4n) is 4.84. The molecular weight excluding hydrogens is 504 g/mol. The normalized spacial score (nSPS) is 19.0. The van der Waals surface area contributed by atoms with Crippen LogP contribution in [0.1, 0.15) is 54.7 Å². The number of nitrogens with zero attached hydrogens (tertiary/aromatic N) is 5. The molecule has 0 saturated carbocycles. The summed E-state index contributed by atoms with van der Waals surface area (Å²) < 4.78 is 35.4. The zero-order valence-electron chi connectivity index (χ0n) is 21.8. The maximum atomic E-state index is 13.4. The molecular formula is C27H32N6O4S. The maximum absolute atomic E-state index is 13.4. The molecule has 1 amide bonds. The summed E-state index contributed by atoms with van der Waals surface area (Å²) in [5.41, 5.74) is 1.37. The molecule has 200 valence electrons. The van der Waals surface area contributed by atoms with Gasteiger partial charge in [0.1, 0.15) is 5.60 Å². The highest BCUT2D eigenvalue weighted by Gasteiger charge is 2.38. The SMILES string of the molecule is CCc1ccc(S(=O)(=O)N[C@H]2CC(C)(C)Oc3ncc(C(=O)N4CCN(c5ncccn5)CC4)cc32)cc1. The van der Waals surface area contributed by atoms with Crippen molar-refractivity contribution in [1.29, 1.82) is 0 Å². The molecule has 0 bridgehead atoms. The second-order valence-corrected chi connectivity index (χ2v) is 11.9. The Hall–Kier alpha value is -3.57. The number of pyridine rings is 1. The van der Waals surface area contributed by atoms with Crippen molar-refractivity contribution in [2.45, 2.75) is 50.2 Å². The molecule has 0 aliphatic carbocycles. The highest BCUT2D eigenvalue weighted by atomic mass is 32.2. The highest BCUT2D eigenvalue weighted by Crippen LogP contribution is 2.39. The Bertz CT molecular complexity index is 1410. The molecule has 3 aromatic rings. The van der Waals surface area contributed by atoms with Crippen molar-refractivity contribution in [3.8, 4) is 5.88 Å². The lowest BCUT2D eigenvalue weighted by atomic mass is 9.91. The van der Waals surface area contributed by atoms with Crippen LogP contribution in [0.15, 0.2) is 59.9 Å². The molecule has 11 heteroatoms. The van der Waals surface area contributed by atoms with Crippen LogP contribution in [-0.2, 0) is 16.4 Å². The number of hydrogen-bond donors (Lipinski definition) is 1. The van der Waals surface area contributed by atoms with E-state index >= 15 is 0 Å². The van der Waals surface area contributed by atoms with Crippen LogP contribution in [0.2, 0.25) is 0 Å². The lowest BCUT2D eigenvalue weighted by molar-refractivity contribution is 0.0637. The molecule has 2 aliphatic heterocycles. The first-order valence-corrected chi connectivity index (χ1v) is 14.2. The highest BCUT2D eigenvalue weighted by molar-refractivity contribution is 7.89. The van der Waals surface area contributed by atoms with E-state index in [1.165, 1.54) is 6.20 Å². The first kappa shape index (κ1) is 26.1. The van der Waals surface area contributed by atoms with E-state index in [1.54, 1.807) is 41.6 Å². The van der Waals surface area contributed by atoms with Crippen LogP contribution in [0.25, 0.3) is 0 Å². The lowest BCUT2D eigenvalue weighted by Gasteiger charge is -2.37. The number of benzene rings is 1. The topological polar surface area (TPSA) is 118 Å². The van der Waals surface area contributed by atoms with Gasteiger partial charge in [0.25, 0.3) is 5.91 Å². The molecule has 1 saturated heterocycles. The summed E-state index contributed by atoms with van der Waals surface area (Å²) in [6.45, 7) is 8.07. The van der Waals surface area contributed by atoms with Gasteiger partial charge in [0.2, 0.25) is 21.9 Å². The van der Waals surface area contributed by atoms with E-state index in [9.17, 15) is 13.2 Å². The first-order chi connectivity index (χ1) is 18.1. The summed E-state index contributed by atoms with van der Waals surface area (Å²) in [6, 6.07) is 9.75. The van der Waals surface area contributed by atoms with Crippen LogP contribution in [0.4, 0.5) is 5.95 Å². The van der Waals surface area contributed by atoms with Crippen LogP contribution in [-0.4, -0.2) is 66.0 Å². The Morgan fingerprint density at radius 3 is 2.42 bits per heavy atom. The summed E-state index contributed by atoms with van der Waals surface area (Å²) in [4.78, 5) is 30.4. The first-order valence-electron chi connectivity index (χ1n) is 12.8. The van der Waals surface area contributed by atoms with Gasteiger partial charge in [-0.15, -0.1) is 0 Å². The number of anilines is 1. The summed E-state index contributed by atoms with van der Waals surface area (Å²) in [5, 5.41) is 0. The molecule has 5 rings (SSSR count). The van der Waals surface area contributed by atoms with Gasteiger partial charge in [0.15, 0.2) is 0 Å². The van der Waals surface area contributed by atoms with Gasteiger partial charge in [0, 0.05) is 56.8 Å². The molecule has 38 heavy (non-hydrogen) atoms. The number of nitrogens with one attached hydrogen (secondary N) is 1. The van der Waals surface area contributed by atoms with Gasteiger partial charge in [-0.3, -0.25) is 4.79 Å². The monoisotopic (exact) mass is 536 g/mol. The van der Waals surface area contributed by atoms with E-state index in [-0.39, 0.29) is 10.8 Å². The molecule has 4 heterocycles. The van der Waals surface area contributed by atoms with E-state index in [0.717, 1.165) is 12.0 Å². The Labute approximate surface area is 223 Å². The molecule has 1 atom stereocenters. The predicted octanol–water partition coefficient (Wildman–Crippen LogP) is 2.98. The van der Waals surface area contributed by atoms with Gasteiger partial charge in [-0.25, -0.2) is 28.1 Å². The van der Waals surface area contributed by atoms with Gasteiger partial charge in [0.05, 0.1) is 16.5 Å². The zero-order chi connectivity index (χ0) is 26.9. The van der Waals surface area contributed by atoms with Gasteiger partial charge in [-0.2, -0.15) is 0 Å². The van der Waals surface area contributed by atoms with Crippen LogP contribution in [0, 0.1) is 0 Å². The van der Waals surface area contributed by atoms with Crippen LogP contribution < -0.4 is 14.4 Å².